The summed E-state index contributed by atoms with van der Waals surface area (Å²) in [7, 11) is 0. The SMILES string of the molecule is NCC(O)C(O)c1cc(Cl)cc(Br)c1. The number of aliphatic hydroxyl groups excluding tert-OH is 2. The molecule has 5 heteroatoms. The van der Waals surface area contributed by atoms with Crippen LogP contribution in [0, 0.1) is 0 Å². The van der Waals surface area contributed by atoms with Crippen LogP contribution in [0.3, 0.4) is 0 Å². The molecule has 78 valence electrons. The van der Waals surface area contributed by atoms with Crippen molar-refractivity contribution in [1.82, 2.24) is 0 Å². The van der Waals surface area contributed by atoms with Crippen molar-refractivity contribution >= 4 is 27.5 Å². The number of nitrogens with two attached hydrogens (primary N) is 1. The van der Waals surface area contributed by atoms with E-state index in [1.165, 1.54) is 0 Å². The van der Waals surface area contributed by atoms with Crippen LogP contribution in [0.15, 0.2) is 22.7 Å². The Balaban J connectivity index is 2.94. The lowest BCUT2D eigenvalue weighted by atomic mass is 10.0. The maximum atomic E-state index is 9.63. The largest absolute Gasteiger partial charge is 0.389 e. The molecule has 0 bridgehead atoms. The first kappa shape index (κ1) is 11.9. The smallest absolute Gasteiger partial charge is 0.106 e. The molecule has 2 unspecified atom stereocenters. The van der Waals surface area contributed by atoms with Gasteiger partial charge >= 0.3 is 0 Å². The van der Waals surface area contributed by atoms with Gasteiger partial charge in [-0.1, -0.05) is 27.5 Å². The third kappa shape index (κ3) is 2.93. The Hall–Kier alpha value is -0.130. The molecule has 0 aliphatic heterocycles. The van der Waals surface area contributed by atoms with E-state index < -0.39 is 12.2 Å². The summed E-state index contributed by atoms with van der Waals surface area (Å²) in [6, 6.07) is 4.98. The third-order valence-corrected chi connectivity index (χ3v) is 2.51. The second-order valence-corrected chi connectivity index (χ2v) is 4.30. The van der Waals surface area contributed by atoms with Gasteiger partial charge in [0.05, 0.1) is 6.10 Å². The first-order valence-electron chi connectivity index (χ1n) is 4.06. The average molecular weight is 281 g/mol. The standard InChI is InChI=1S/C9H11BrClNO2/c10-6-1-5(2-7(11)3-6)9(14)8(13)4-12/h1-3,8-9,13-14H,4,12H2. The highest BCUT2D eigenvalue weighted by atomic mass is 79.9. The molecule has 0 spiro atoms. The molecular weight excluding hydrogens is 269 g/mol. The van der Waals surface area contributed by atoms with Crippen LogP contribution in [0.25, 0.3) is 0 Å². The van der Waals surface area contributed by atoms with E-state index in [1.807, 2.05) is 0 Å². The predicted octanol–water partition coefficient (Wildman–Crippen LogP) is 1.46. The van der Waals surface area contributed by atoms with E-state index in [2.05, 4.69) is 15.9 Å². The molecule has 1 rings (SSSR count). The van der Waals surface area contributed by atoms with Gasteiger partial charge in [-0.2, -0.15) is 0 Å². The molecule has 0 fully saturated rings. The van der Waals surface area contributed by atoms with Crippen molar-refractivity contribution in [2.45, 2.75) is 12.2 Å². The Kier molecular flexibility index (Phi) is 4.34. The molecule has 1 aromatic rings. The molecular formula is C9H11BrClNO2. The average Bonchev–Trinajstić information content (AvgIpc) is 2.14. The molecule has 14 heavy (non-hydrogen) atoms. The summed E-state index contributed by atoms with van der Waals surface area (Å²) >= 11 is 9.03. The van der Waals surface area contributed by atoms with Gasteiger partial charge in [-0.05, 0) is 23.8 Å². The number of aliphatic hydroxyl groups is 2. The lowest BCUT2D eigenvalue weighted by molar-refractivity contribution is 0.0243. The van der Waals surface area contributed by atoms with Gasteiger partial charge in [0, 0.05) is 16.0 Å². The minimum Gasteiger partial charge on any atom is -0.389 e. The molecule has 0 aliphatic carbocycles. The first-order valence-corrected chi connectivity index (χ1v) is 5.24. The van der Waals surface area contributed by atoms with E-state index in [1.54, 1.807) is 18.2 Å². The fraction of sp³-hybridized carbons (Fsp3) is 0.333. The monoisotopic (exact) mass is 279 g/mol. The molecule has 0 radical (unpaired) electrons. The van der Waals surface area contributed by atoms with E-state index in [4.69, 9.17) is 17.3 Å². The van der Waals surface area contributed by atoms with E-state index in [-0.39, 0.29) is 6.54 Å². The minimum absolute atomic E-state index is 0.00526. The van der Waals surface area contributed by atoms with Crippen LogP contribution < -0.4 is 5.73 Å². The molecule has 4 N–H and O–H groups in total. The molecule has 0 aliphatic rings. The van der Waals surface area contributed by atoms with E-state index in [0.29, 0.717) is 10.6 Å². The van der Waals surface area contributed by atoms with Crippen molar-refractivity contribution in [3.63, 3.8) is 0 Å². The number of hydrogen-bond acceptors (Lipinski definition) is 3. The highest BCUT2D eigenvalue weighted by molar-refractivity contribution is 9.10. The van der Waals surface area contributed by atoms with Crippen molar-refractivity contribution < 1.29 is 10.2 Å². The van der Waals surface area contributed by atoms with Crippen molar-refractivity contribution in [2.75, 3.05) is 6.54 Å². The highest BCUT2D eigenvalue weighted by Crippen LogP contribution is 2.25. The van der Waals surface area contributed by atoms with Crippen molar-refractivity contribution in [2.24, 2.45) is 5.73 Å². The van der Waals surface area contributed by atoms with Gasteiger partial charge in [-0.15, -0.1) is 0 Å². The van der Waals surface area contributed by atoms with E-state index >= 15 is 0 Å². The fourth-order valence-corrected chi connectivity index (χ4v) is 1.98. The summed E-state index contributed by atoms with van der Waals surface area (Å²) in [5.74, 6) is 0. The number of hydrogen-bond donors (Lipinski definition) is 3. The van der Waals surface area contributed by atoms with Gasteiger partial charge in [0.1, 0.15) is 6.10 Å². The van der Waals surface area contributed by atoms with Crippen LogP contribution in [0.5, 0.6) is 0 Å². The quantitative estimate of drug-likeness (QED) is 0.785. The van der Waals surface area contributed by atoms with Gasteiger partial charge < -0.3 is 15.9 Å². The predicted molar refractivity (Wildman–Crippen MR) is 59.2 cm³/mol. The Morgan fingerprint density at radius 3 is 2.50 bits per heavy atom. The lowest BCUT2D eigenvalue weighted by Crippen LogP contribution is -2.27. The Morgan fingerprint density at radius 1 is 1.36 bits per heavy atom. The van der Waals surface area contributed by atoms with Gasteiger partial charge in [-0.3, -0.25) is 0 Å². The van der Waals surface area contributed by atoms with E-state index in [0.717, 1.165) is 4.47 Å². The topological polar surface area (TPSA) is 66.5 Å². The molecule has 0 aromatic heterocycles. The summed E-state index contributed by atoms with van der Waals surface area (Å²) in [5.41, 5.74) is 5.78. The Bertz CT molecular complexity index is 301. The number of halogens is 2. The minimum atomic E-state index is -1.00. The summed E-state index contributed by atoms with van der Waals surface area (Å²) < 4.78 is 0.753. The maximum Gasteiger partial charge on any atom is 0.106 e. The summed E-state index contributed by atoms with van der Waals surface area (Å²) in [6.07, 6.45) is -1.98. The molecule has 0 saturated carbocycles. The third-order valence-electron chi connectivity index (χ3n) is 1.83. The van der Waals surface area contributed by atoms with Crippen LogP contribution in [-0.2, 0) is 0 Å². The van der Waals surface area contributed by atoms with Crippen molar-refractivity contribution in [3.05, 3.63) is 33.3 Å². The van der Waals surface area contributed by atoms with E-state index in [9.17, 15) is 10.2 Å². The van der Waals surface area contributed by atoms with Crippen molar-refractivity contribution in [1.29, 1.82) is 0 Å². The maximum absolute atomic E-state index is 9.63. The number of benzene rings is 1. The van der Waals surface area contributed by atoms with Crippen LogP contribution in [0.2, 0.25) is 5.02 Å². The molecule has 1 aromatic carbocycles. The Labute approximate surface area is 95.6 Å². The molecule has 3 nitrogen and oxygen atoms in total. The van der Waals surface area contributed by atoms with Gasteiger partial charge in [0.25, 0.3) is 0 Å². The second-order valence-electron chi connectivity index (χ2n) is 2.95. The van der Waals surface area contributed by atoms with Crippen LogP contribution in [-0.4, -0.2) is 22.9 Å². The zero-order valence-electron chi connectivity index (χ0n) is 7.32. The van der Waals surface area contributed by atoms with Crippen LogP contribution in [0.4, 0.5) is 0 Å². The summed E-state index contributed by atoms with van der Waals surface area (Å²) in [4.78, 5) is 0. The molecule has 2 atom stereocenters. The zero-order chi connectivity index (χ0) is 10.7. The van der Waals surface area contributed by atoms with Gasteiger partial charge in [-0.25, -0.2) is 0 Å². The van der Waals surface area contributed by atoms with Crippen LogP contribution >= 0.6 is 27.5 Å². The van der Waals surface area contributed by atoms with Crippen LogP contribution in [0.1, 0.15) is 11.7 Å². The normalized spacial score (nSPS) is 15.2. The Morgan fingerprint density at radius 2 is 2.00 bits per heavy atom. The highest BCUT2D eigenvalue weighted by Gasteiger charge is 2.17. The first-order chi connectivity index (χ1) is 6.54. The fourth-order valence-electron chi connectivity index (χ4n) is 1.10. The summed E-state index contributed by atoms with van der Waals surface area (Å²) in [5, 5.41) is 19.5. The lowest BCUT2D eigenvalue weighted by Gasteiger charge is -2.16. The molecule has 0 amide bonds. The molecule has 0 saturated heterocycles. The van der Waals surface area contributed by atoms with Gasteiger partial charge in [0.15, 0.2) is 0 Å². The summed E-state index contributed by atoms with van der Waals surface area (Å²) in [6.45, 7) is 0.00526. The second kappa shape index (κ2) is 5.09. The number of rotatable bonds is 3. The van der Waals surface area contributed by atoms with Gasteiger partial charge in [0.2, 0.25) is 0 Å². The zero-order valence-corrected chi connectivity index (χ0v) is 9.66. The van der Waals surface area contributed by atoms with Crippen molar-refractivity contribution in [3.8, 4) is 0 Å². The molecule has 0 heterocycles.